The first kappa shape index (κ1) is 23.7. The first-order chi connectivity index (χ1) is 17.6. The second-order valence-electron chi connectivity index (χ2n) is 9.78. The molecule has 11 heteroatoms. The highest BCUT2D eigenvalue weighted by atomic mass is 19.4. The van der Waals surface area contributed by atoms with Gasteiger partial charge in [-0.2, -0.15) is 18.2 Å². The molecule has 8 nitrogen and oxygen atoms in total. The van der Waals surface area contributed by atoms with E-state index in [9.17, 15) is 23.1 Å². The number of aliphatic hydroxyl groups is 1. The Hall–Kier alpha value is -3.70. The van der Waals surface area contributed by atoms with Gasteiger partial charge < -0.3 is 15.7 Å². The molecule has 6 rings (SSSR count). The van der Waals surface area contributed by atoms with Crippen molar-refractivity contribution in [2.24, 2.45) is 0 Å². The van der Waals surface area contributed by atoms with E-state index in [1.165, 1.54) is 44.9 Å². The Morgan fingerprint density at radius 1 is 1.14 bits per heavy atom. The summed E-state index contributed by atoms with van der Waals surface area (Å²) >= 11 is 0. The van der Waals surface area contributed by atoms with E-state index in [0.717, 1.165) is 38.0 Å². The van der Waals surface area contributed by atoms with Gasteiger partial charge in [-0.1, -0.05) is 18.2 Å². The van der Waals surface area contributed by atoms with Crippen LogP contribution in [0.4, 0.5) is 24.8 Å². The molecule has 0 amide bonds. The Morgan fingerprint density at radius 2 is 1.95 bits per heavy atom. The first-order valence-electron chi connectivity index (χ1n) is 12.1. The summed E-state index contributed by atoms with van der Waals surface area (Å²) in [5.74, 6) is 0.265. The molecule has 1 aliphatic carbocycles. The highest BCUT2D eigenvalue weighted by Crippen LogP contribution is 2.40. The molecule has 1 saturated carbocycles. The number of hydrogen-bond donors (Lipinski definition) is 3. The molecule has 0 radical (unpaired) electrons. The van der Waals surface area contributed by atoms with Crippen LogP contribution < -0.4 is 16.2 Å². The molecule has 1 unspecified atom stereocenters. The van der Waals surface area contributed by atoms with Crippen LogP contribution in [-0.4, -0.2) is 37.2 Å². The third kappa shape index (κ3) is 4.08. The third-order valence-corrected chi connectivity index (χ3v) is 7.07. The molecule has 3 heterocycles. The summed E-state index contributed by atoms with van der Waals surface area (Å²) in [6.45, 7) is 2.44. The van der Waals surface area contributed by atoms with Gasteiger partial charge in [-0.15, -0.1) is 0 Å². The van der Waals surface area contributed by atoms with E-state index in [1.54, 1.807) is 6.07 Å². The second kappa shape index (κ2) is 8.42. The average molecular weight is 511 g/mol. The summed E-state index contributed by atoms with van der Waals surface area (Å²) in [6.07, 6.45) is -0.963. The normalized spacial score (nSPS) is 17.4. The molecule has 0 bridgehead atoms. The van der Waals surface area contributed by atoms with Crippen LogP contribution in [0.25, 0.3) is 16.7 Å². The van der Waals surface area contributed by atoms with Gasteiger partial charge in [0.1, 0.15) is 5.39 Å². The predicted molar refractivity (Wildman–Crippen MR) is 132 cm³/mol. The van der Waals surface area contributed by atoms with E-state index in [2.05, 4.69) is 26.7 Å². The number of nitrogens with zero attached hydrogens (tertiary/aromatic N) is 4. The summed E-state index contributed by atoms with van der Waals surface area (Å²) in [5.41, 5.74) is 0.156. The number of aromatic nitrogens is 4. The Bertz CT molecular complexity index is 1570. The third-order valence-electron chi connectivity index (χ3n) is 7.07. The lowest BCUT2D eigenvalue weighted by Gasteiger charge is -2.27. The molecular formula is C26H25F3N6O2. The zero-order chi connectivity index (χ0) is 25.9. The molecule has 192 valence electrons. The quantitative estimate of drug-likeness (QED) is 0.375. The number of hydrogen-bond acceptors (Lipinski definition) is 6. The Kier molecular flexibility index (Phi) is 5.39. The number of rotatable bonds is 5. The van der Waals surface area contributed by atoms with Gasteiger partial charge in [-0.25, -0.2) is 14.3 Å². The Morgan fingerprint density at radius 3 is 2.70 bits per heavy atom. The monoisotopic (exact) mass is 510 g/mol. The van der Waals surface area contributed by atoms with Crippen LogP contribution in [0.3, 0.4) is 0 Å². The lowest BCUT2D eigenvalue weighted by atomic mass is 9.95. The van der Waals surface area contributed by atoms with Crippen molar-refractivity contribution in [3.8, 4) is 5.69 Å². The van der Waals surface area contributed by atoms with Gasteiger partial charge in [0, 0.05) is 18.4 Å². The van der Waals surface area contributed by atoms with E-state index >= 15 is 0 Å². The maximum atomic E-state index is 13.5. The number of fused-ring (bicyclic) bond motifs is 2. The zero-order valence-corrected chi connectivity index (χ0v) is 20.0. The fraction of sp³-hybridized carbons (Fsp3) is 0.346. The zero-order valence-electron chi connectivity index (χ0n) is 20.0. The molecule has 1 aliphatic heterocycles. The molecule has 2 aromatic carbocycles. The van der Waals surface area contributed by atoms with Crippen LogP contribution in [-0.2, 0) is 18.6 Å². The minimum absolute atomic E-state index is 0.0841. The summed E-state index contributed by atoms with van der Waals surface area (Å²) in [6, 6.07) is 11.4. The van der Waals surface area contributed by atoms with Gasteiger partial charge in [0.2, 0.25) is 5.95 Å². The number of benzene rings is 2. The molecule has 2 aliphatic rings. The van der Waals surface area contributed by atoms with Crippen LogP contribution in [0.2, 0.25) is 0 Å². The molecule has 3 N–H and O–H groups in total. The van der Waals surface area contributed by atoms with Crippen molar-refractivity contribution in [3.63, 3.8) is 0 Å². The highest BCUT2D eigenvalue weighted by molar-refractivity contribution is 5.77. The standard InChI is InChI=1S/C26H25F3N6O2/c1-25(37,26(27,28)29)17-3-2-4-20(12-17)34-22-21(23(36)35(34)19-7-8-19)14-31-24(33-22)32-18-6-5-16-13-30-10-9-15(16)11-18/h2-6,11-12,14,19,30,37H,7-10,13H2,1H3,(H,31,32,33). The van der Waals surface area contributed by atoms with Crippen molar-refractivity contribution >= 4 is 22.7 Å². The van der Waals surface area contributed by atoms with E-state index < -0.39 is 11.8 Å². The van der Waals surface area contributed by atoms with E-state index in [-0.39, 0.29) is 34.1 Å². The molecule has 37 heavy (non-hydrogen) atoms. The van der Waals surface area contributed by atoms with Gasteiger partial charge in [-0.3, -0.25) is 4.79 Å². The van der Waals surface area contributed by atoms with Crippen molar-refractivity contribution < 1.29 is 18.3 Å². The lowest BCUT2D eigenvalue weighted by Crippen LogP contribution is -2.39. The SMILES string of the molecule is CC(O)(c1cccc(-n2c3nc(Nc4ccc5c(c4)CCNC5)ncc3c(=O)n2C2CC2)c1)C(F)(F)F. The van der Waals surface area contributed by atoms with Crippen LogP contribution >= 0.6 is 0 Å². The largest absolute Gasteiger partial charge is 0.421 e. The Balaban J connectivity index is 1.46. The number of nitrogens with one attached hydrogen (secondary N) is 2. The van der Waals surface area contributed by atoms with Crippen molar-refractivity contribution in [2.75, 3.05) is 11.9 Å². The fourth-order valence-electron chi connectivity index (χ4n) is 4.74. The van der Waals surface area contributed by atoms with Gasteiger partial charge in [0.05, 0.1) is 11.7 Å². The topological polar surface area (TPSA) is 97.0 Å². The van der Waals surface area contributed by atoms with Crippen molar-refractivity contribution in [2.45, 2.75) is 50.6 Å². The lowest BCUT2D eigenvalue weighted by molar-refractivity contribution is -0.258. The fourth-order valence-corrected chi connectivity index (χ4v) is 4.74. The maximum absolute atomic E-state index is 13.5. The van der Waals surface area contributed by atoms with E-state index in [4.69, 9.17) is 0 Å². The number of halogens is 3. The van der Waals surface area contributed by atoms with Gasteiger partial charge >= 0.3 is 6.18 Å². The van der Waals surface area contributed by atoms with Gasteiger partial charge in [0.15, 0.2) is 11.2 Å². The Labute approximate surface area is 209 Å². The van der Waals surface area contributed by atoms with E-state index in [0.29, 0.717) is 12.6 Å². The molecule has 0 spiro atoms. The minimum Gasteiger partial charge on any atom is -0.376 e. The van der Waals surface area contributed by atoms with Gasteiger partial charge in [0.25, 0.3) is 5.56 Å². The molecular weight excluding hydrogens is 485 g/mol. The smallest absolute Gasteiger partial charge is 0.376 e. The minimum atomic E-state index is -4.87. The molecule has 0 saturated heterocycles. The van der Waals surface area contributed by atoms with Gasteiger partial charge in [-0.05, 0) is 73.7 Å². The second-order valence-corrected chi connectivity index (χ2v) is 9.78. The highest BCUT2D eigenvalue weighted by Gasteiger charge is 2.51. The van der Waals surface area contributed by atoms with Crippen molar-refractivity contribution in [1.29, 1.82) is 0 Å². The summed E-state index contributed by atoms with van der Waals surface area (Å²) in [5, 5.41) is 17.1. The van der Waals surface area contributed by atoms with Crippen LogP contribution in [0.5, 0.6) is 0 Å². The first-order valence-corrected chi connectivity index (χ1v) is 12.1. The van der Waals surface area contributed by atoms with Crippen molar-refractivity contribution in [1.82, 2.24) is 24.6 Å². The average Bonchev–Trinajstić information content (AvgIpc) is 3.67. The summed E-state index contributed by atoms with van der Waals surface area (Å²) < 4.78 is 43.7. The van der Waals surface area contributed by atoms with Crippen LogP contribution in [0.15, 0.2) is 53.5 Å². The van der Waals surface area contributed by atoms with E-state index in [1.807, 2.05) is 12.1 Å². The van der Waals surface area contributed by atoms with Crippen LogP contribution in [0.1, 0.15) is 42.5 Å². The van der Waals surface area contributed by atoms with Crippen molar-refractivity contribution in [3.05, 3.63) is 75.7 Å². The molecule has 2 aromatic heterocycles. The van der Waals surface area contributed by atoms with Crippen LogP contribution in [0, 0.1) is 0 Å². The summed E-state index contributed by atoms with van der Waals surface area (Å²) in [4.78, 5) is 22.2. The maximum Gasteiger partial charge on any atom is 0.421 e. The molecule has 1 atom stereocenters. The molecule has 1 fully saturated rings. The molecule has 4 aromatic rings. The number of alkyl halides is 3. The summed E-state index contributed by atoms with van der Waals surface area (Å²) in [7, 11) is 0. The number of anilines is 2. The predicted octanol–water partition coefficient (Wildman–Crippen LogP) is 4.08.